The van der Waals surface area contributed by atoms with Crippen LogP contribution in [0.15, 0.2) is 29.8 Å². The minimum Gasteiger partial charge on any atom is -0.269 e. The lowest BCUT2D eigenvalue weighted by Gasteiger charge is -2.30. The van der Waals surface area contributed by atoms with Crippen LogP contribution >= 0.6 is 11.8 Å². The molecule has 0 aromatic carbocycles. The Morgan fingerprint density at radius 2 is 2.10 bits per heavy atom. The Balaban J connectivity index is 2.38. The van der Waals surface area contributed by atoms with Crippen molar-refractivity contribution in [2.45, 2.75) is 13.0 Å². The van der Waals surface area contributed by atoms with Crippen LogP contribution in [0, 0.1) is 0 Å². The Morgan fingerprint density at radius 1 is 1.38 bits per heavy atom. The summed E-state index contributed by atoms with van der Waals surface area (Å²) < 4.78 is 1.89. The fourth-order valence-corrected chi connectivity index (χ4v) is 3.17. The molecule has 0 N–H and O–H groups in total. The molecule has 1 saturated heterocycles. The molecule has 0 aromatic rings. The summed E-state index contributed by atoms with van der Waals surface area (Å²) >= 11 is 1.54. The van der Waals surface area contributed by atoms with E-state index in [2.05, 4.69) is 11.6 Å². The number of amidine groups is 2. The van der Waals surface area contributed by atoms with Gasteiger partial charge in [-0.1, -0.05) is 24.8 Å². The highest BCUT2D eigenvalue weighted by Crippen LogP contribution is 2.22. The van der Waals surface area contributed by atoms with E-state index in [1.165, 1.54) is 11.9 Å². The predicted octanol–water partition coefficient (Wildman–Crippen LogP) is 1.15. The molecule has 1 unspecified atom stereocenters. The molecule has 3 amide bonds. The Kier molecular flexibility index (Phi) is 4.62. The monoisotopic (exact) mass is 307 g/mol. The molecule has 0 spiro atoms. The van der Waals surface area contributed by atoms with E-state index in [9.17, 15) is 9.59 Å². The van der Waals surface area contributed by atoms with Gasteiger partial charge in [0.1, 0.15) is 6.54 Å². The summed E-state index contributed by atoms with van der Waals surface area (Å²) in [6.07, 6.45) is 5.72. The minimum atomic E-state index is -0.538. The maximum absolute atomic E-state index is 12.4. The lowest BCUT2D eigenvalue weighted by atomic mass is 10.1. The molecule has 1 atom stereocenters. The molecule has 2 aliphatic rings. The molecule has 0 radical (unpaired) electrons. The van der Waals surface area contributed by atoms with Crippen molar-refractivity contribution in [2.24, 2.45) is 4.99 Å². The fraction of sp³-hybridized carbons (Fsp3) is 0.429. The molecule has 0 aliphatic carbocycles. The van der Waals surface area contributed by atoms with Gasteiger partial charge in [-0.05, 0) is 23.7 Å². The Bertz CT molecular complexity index is 580. The topological polar surface area (TPSA) is 56.0 Å². The third-order valence-electron chi connectivity index (χ3n) is 3.36. The molecule has 2 rings (SSSR count). The van der Waals surface area contributed by atoms with Crippen LogP contribution in [-0.2, 0) is 4.79 Å². The third-order valence-corrected chi connectivity index (χ3v) is 4.31. The highest BCUT2D eigenvalue weighted by atomic mass is 32.2. The number of fused-ring (bicyclic) bond motifs is 1. The zero-order valence-corrected chi connectivity index (χ0v) is 13.3. The lowest BCUT2D eigenvalue weighted by Crippen LogP contribution is -2.61. The van der Waals surface area contributed by atoms with Crippen LogP contribution in [0.1, 0.15) is 6.92 Å². The first-order valence-electron chi connectivity index (χ1n) is 6.65. The molecule has 2 aliphatic heterocycles. The molecule has 7 heteroatoms. The zero-order chi connectivity index (χ0) is 15.6. The average Bonchev–Trinajstić information content (AvgIpc) is 2.83. The number of allylic oxidation sites excluding steroid dienone is 1. The number of amides is 3. The number of aliphatic imine (C=N–C) groups is 1. The first-order chi connectivity index (χ1) is 10.0. The van der Waals surface area contributed by atoms with E-state index in [-0.39, 0.29) is 11.9 Å². The van der Waals surface area contributed by atoms with Crippen LogP contribution in [0.2, 0.25) is 0 Å². The van der Waals surface area contributed by atoms with Gasteiger partial charge in [0.25, 0.3) is 17.8 Å². The van der Waals surface area contributed by atoms with Crippen molar-refractivity contribution in [1.29, 1.82) is 0 Å². The van der Waals surface area contributed by atoms with Gasteiger partial charge in [0.05, 0.1) is 0 Å². The zero-order valence-electron chi connectivity index (χ0n) is 12.4. The molecule has 21 heavy (non-hydrogen) atoms. The Morgan fingerprint density at radius 3 is 2.71 bits per heavy atom. The van der Waals surface area contributed by atoms with E-state index in [0.29, 0.717) is 12.4 Å². The van der Waals surface area contributed by atoms with E-state index in [1.54, 1.807) is 24.9 Å². The minimum absolute atomic E-state index is 0.250. The summed E-state index contributed by atoms with van der Waals surface area (Å²) in [5.74, 6) is 1.01. The van der Waals surface area contributed by atoms with Crippen molar-refractivity contribution in [1.82, 2.24) is 9.80 Å². The van der Waals surface area contributed by atoms with Crippen LogP contribution in [-0.4, -0.2) is 69.8 Å². The van der Waals surface area contributed by atoms with Crippen LogP contribution in [0.4, 0.5) is 4.79 Å². The first kappa shape index (κ1) is 15.5. The second kappa shape index (κ2) is 6.26. The SMILES string of the molecule is C=CC[N+]1=C(SC/C=C/C)N=C2C1C(=O)N(C)C(=O)N2C. The molecule has 1 fully saturated rings. The van der Waals surface area contributed by atoms with Gasteiger partial charge in [-0.3, -0.25) is 14.6 Å². The molecule has 112 valence electrons. The van der Waals surface area contributed by atoms with Gasteiger partial charge in [-0.25, -0.2) is 9.37 Å². The highest BCUT2D eigenvalue weighted by molar-refractivity contribution is 8.13. The van der Waals surface area contributed by atoms with Gasteiger partial charge in [0.15, 0.2) is 0 Å². The number of hydrogen-bond donors (Lipinski definition) is 0. The maximum atomic E-state index is 12.4. The van der Waals surface area contributed by atoms with Crippen LogP contribution in [0.3, 0.4) is 0 Å². The van der Waals surface area contributed by atoms with Crippen molar-refractivity contribution in [2.75, 3.05) is 26.4 Å². The number of carbonyl (C=O) groups excluding carboxylic acids is 2. The highest BCUT2D eigenvalue weighted by Gasteiger charge is 2.52. The van der Waals surface area contributed by atoms with E-state index >= 15 is 0 Å². The number of likely N-dealkylation sites (N-methyl/N-ethyl adjacent to an activating group) is 2. The summed E-state index contributed by atoms with van der Waals surface area (Å²) in [5, 5.41) is 0.747. The largest absolute Gasteiger partial charge is 0.358 e. The van der Waals surface area contributed by atoms with Gasteiger partial charge in [0, 0.05) is 19.8 Å². The van der Waals surface area contributed by atoms with E-state index < -0.39 is 6.04 Å². The van der Waals surface area contributed by atoms with Crippen LogP contribution < -0.4 is 0 Å². The quantitative estimate of drug-likeness (QED) is 0.578. The summed E-state index contributed by atoms with van der Waals surface area (Å²) in [4.78, 5) is 31.5. The van der Waals surface area contributed by atoms with Gasteiger partial charge in [-0.2, -0.15) is 0 Å². The normalized spacial score (nSPS) is 22.2. The third kappa shape index (κ3) is 2.65. The Labute approximate surface area is 128 Å². The van der Waals surface area contributed by atoms with E-state index in [0.717, 1.165) is 15.8 Å². The summed E-state index contributed by atoms with van der Waals surface area (Å²) in [6, 6.07) is -0.892. The molecular formula is C14H19N4O2S+. The summed E-state index contributed by atoms with van der Waals surface area (Å²) in [7, 11) is 3.14. The van der Waals surface area contributed by atoms with E-state index in [1.807, 2.05) is 23.7 Å². The van der Waals surface area contributed by atoms with Gasteiger partial charge >= 0.3 is 11.2 Å². The van der Waals surface area contributed by atoms with Crippen molar-refractivity contribution in [3.8, 4) is 0 Å². The van der Waals surface area contributed by atoms with Gasteiger partial charge < -0.3 is 0 Å². The van der Waals surface area contributed by atoms with Crippen LogP contribution in [0.25, 0.3) is 0 Å². The molecule has 6 nitrogen and oxygen atoms in total. The number of rotatable bonds is 4. The second-order valence-corrected chi connectivity index (χ2v) is 5.70. The molecular weight excluding hydrogens is 288 g/mol. The fourth-order valence-electron chi connectivity index (χ4n) is 2.23. The number of imide groups is 1. The molecule has 0 saturated carbocycles. The number of thioether (sulfide) groups is 1. The smallest absolute Gasteiger partial charge is 0.269 e. The Hall–Kier alpha value is -1.89. The molecule has 2 heterocycles. The first-order valence-corrected chi connectivity index (χ1v) is 7.63. The summed E-state index contributed by atoms with van der Waals surface area (Å²) in [5.41, 5.74) is 0. The van der Waals surface area contributed by atoms with E-state index in [4.69, 9.17) is 0 Å². The number of nitrogens with zero attached hydrogens (tertiary/aromatic N) is 4. The number of carbonyl (C=O) groups is 2. The van der Waals surface area contributed by atoms with Crippen LogP contribution in [0.5, 0.6) is 0 Å². The lowest BCUT2D eigenvalue weighted by molar-refractivity contribution is -0.522. The molecule has 0 aromatic heterocycles. The predicted molar refractivity (Wildman–Crippen MR) is 84.8 cm³/mol. The van der Waals surface area contributed by atoms with Crippen molar-refractivity contribution in [3.05, 3.63) is 24.8 Å². The van der Waals surface area contributed by atoms with Crippen molar-refractivity contribution >= 4 is 34.7 Å². The van der Waals surface area contributed by atoms with Gasteiger partial charge in [-0.15, -0.1) is 0 Å². The number of urea groups is 1. The maximum Gasteiger partial charge on any atom is 0.358 e. The summed E-state index contributed by atoms with van der Waals surface area (Å²) in [6.45, 7) is 6.20. The number of hydrogen-bond acceptors (Lipinski definition) is 4. The standard InChI is InChI=1S/C14H19N4O2S/c1-5-7-9-21-13-15-11-10(18(13)8-6-2)12(19)17(4)14(20)16(11)3/h5-7,10H,2,8-9H2,1,3-4H3/q+1/b7-5+. The molecule has 0 bridgehead atoms. The van der Waals surface area contributed by atoms with Crippen molar-refractivity contribution < 1.29 is 14.2 Å². The average molecular weight is 307 g/mol. The van der Waals surface area contributed by atoms with Gasteiger partial charge in [0.2, 0.25) is 0 Å². The second-order valence-electron chi connectivity index (χ2n) is 4.72. The van der Waals surface area contributed by atoms with Crippen molar-refractivity contribution in [3.63, 3.8) is 0 Å².